The summed E-state index contributed by atoms with van der Waals surface area (Å²) in [6.45, 7) is 0. The first-order chi connectivity index (χ1) is 18.2. The summed E-state index contributed by atoms with van der Waals surface area (Å²) in [4.78, 5) is 22.3. The van der Waals surface area contributed by atoms with Crippen molar-refractivity contribution in [3.8, 4) is 11.5 Å². The number of imidazole rings is 1. The molecule has 0 radical (unpaired) electrons. The molecule has 3 heterocycles. The number of hydrogen-bond donors (Lipinski definition) is 2. The normalized spacial score (nSPS) is 19.0. The van der Waals surface area contributed by atoms with Gasteiger partial charge in [-0.25, -0.2) is 4.98 Å². The predicted octanol–water partition coefficient (Wildman–Crippen LogP) is 5.95. The van der Waals surface area contributed by atoms with Crippen LogP contribution in [0.25, 0.3) is 21.9 Å². The van der Waals surface area contributed by atoms with Gasteiger partial charge in [0.05, 0.1) is 31.3 Å². The van der Waals surface area contributed by atoms with Crippen LogP contribution < -0.4 is 14.8 Å². The average molecular weight is 491 g/mol. The number of anilines is 1. The van der Waals surface area contributed by atoms with Crippen LogP contribution in [0.4, 0.5) is 5.95 Å². The van der Waals surface area contributed by atoms with Crippen molar-refractivity contribution in [2.24, 2.45) is 0 Å². The number of hydrogen-bond acceptors (Lipinski definition) is 5. The monoisotopic (exact) mass is 490 g/mol. The number of H-pyrrole nitrogens is 1. The summed E-state index contributed by atoms with van der Waals surface area (Å²) in [7, 11) is 3.26. The minimum absolute atomic E-state index is 0.0260. The lowest BCUT2D eigenvalue weighted by Gasteiger charge is -2.36. The third-order valence-electron chi connectivity index (χ3n) is 7.69. The molecular formula is C30H26N4O3. The summed E-state index contributed by atoms with van der Waals surface area (Å²) >= 11 is 0. The molecule has 0 spiro atoms. The van der Waals surface area contributed by atoms with Gasteiger partial charge in [0.1, 0.15) is 0 Å². The van der Waals surface area contributed by atoms with Gasteiger partial charge in [0.15, 0.2) is 17.3 Å². The van der Waals surface area contributed by atoms with Crippen molar-refractivity contribution >= 4 is 33.7 Å². The molecule has 0 fully saturated rings. The van der Waals surface area contributed by atoms with Crippen LogP contribution >= 0.6 is 0 Å². The molecule has 7 heteroatoms. The van der Waals surface area contributed by atoms with E-state index >= 15 is 0 Å². The molecule has 7 rings (SSSR count). The summed E-state index contributed by atoms with van der Waals surface area (Å²) in [5, 5.41) is 4.67. The standard InChI is InChI=1S/C30H26N4O3/c1-36-26-12-11-17(15-27(26)37-2)18-13-23-28(25(35)14-18)29(20-16-31-21-8-4-3-7-19(20)21)34-24-10-6-5-9-22(24)32-30(34)33-23/h3-12,15-16,18,29,31H,13-14H2,1-2H3,(H,32,33)/t18-,29-/m1/s1. The highest BCUT2D eigenvalue weighted by atomic mass is 16.5. The van der Waals surface area contributed by atoms with Gasteiger partial charge >= 0.3 is 0 Å². The molecule has 0 amide bonds. The summed E-state index contributed by atoms with van der Waals surface area (Å²) in [5.41, 5.74) is 6.84. The van der Waals surface area contributed by atoms with Crippen LogP contribution in [0.1, 0.15) is 35.9 Å². The van der Waals surface area contributed by atoms with Crippen LogP contribution in [0.5, 0.6) is 11.5 Å². The van der Waals surface area contributed by atoms with Gasteiger partial charge in [0.2, 0.25) is 5.95 Å². The minimum atomic E-state index is -0.270. The summed E-state index contributed by atoms with van der Waals surface area (Å²) in [6, 6.07) is 22.0. The number of rotatable bonds is 4. The number of carbonyl (C=O) groups is 1. The maximum Gasteiger partial charge on any atom is 0.209 e. The SMILES string of the molecule is COc1ccc([C@H]2CC(=O)C3=C(C2)Nc2nc4ccccc4n2[C@@H]3c2c[nH]c3ccccc23)cc1OC. The maximum atomic E-state index is 14.0. The first-order valence-electron chi connectivity index (χ1n) is 12.4. The minimum Gasteiger partial charge on any atom is -0.493 e. The number of Topliss-reactive ketones (excluding diaryl/α,β-unsaturated/α-hetero) is 1. The van der Waals surface area contributed by atoms with E-state index in [2.05, 4.69) is 33.1 Å². The molecule has 0 bridgehead atoms. The van der Waals surface area contributed by atoms with Crippen molar-refractivity contribution in [3.05, 3.63) is 95.3 Å². The van der Waals surface area contributed by atoms with Crippen molar-refractivity contribution in [1.82, 2.24) is 14.5 Å². The Bertz CT molecular complexity index is 1730. The molecular weight excluding hydrogens is 464 g/mol. The number of allylic oxidation sites excluding steroid dienone is 2. The van der Waals surface area contributed by atoms with E-state index in [4.69, 9.17) is 14.5 Å². The second-order valence-corrected chi connectivity index (χ2v) is 9.65. The highest BCUT2D eigenvalue weighted by molar-refractivity contribution is 6.02. The summed E-state index contributed by atoms with van der Waals surface area (Å²) < 4.78 is 13.1. The van der Waals surface area contributed by atoms with Crippen molar-refractivity contribution in [1.29, 1.82) is 0 Å². The van der Waals surface area contributed by atoms with Crippen LogP contribution in [0.15, 0.2) is 84.2 Å². The Morgan fingerprint density at radius 2 is 1.76 bits per heavy atom. The van der Waals surface area contributed by atoms with Gasteiger partial charge < -0.3 is 19.8 Å². The molecule has 2 aromatic heterocycles. The second kappa shape index (κ2) is 8.27. The fourth-order valence-corrected chi connectivity index (χ4v) is 5.98. The molecule has 37 heavy (non-hydrogen) atoms. The molecule has 2 atom stereocenters. The Balaban J connectivity index is 1.39. The number of ketones is 1. The number of methoxy groups -OCH3 is 2. The molecule has 1 aliphatic carbocycles. The molecule has 0 saturated heterocycles. The third-order valence-corrected chi connectivity index (χ3v) is 7.69. The van der Waals surface area contributed by atoms with Gasteiger partial charge in [-0.05, 0) is 48.2 Å². The van der Waals surface area contributed by atoms with E-state index < -0.39 is 0 Å². The van der Waals surface area contributed by atoms with Crippen LogP contribution in [0, 0.1) is 0 Å². The highest BCUT2D eigenvalue weighted by Gasteiger charge is 2.40. The smallest absolute Gasteiger partial charge is 0.209 e. The second-order valence-electron chi connectivity index (χ2n) is 9.65. The van der Waals surface area contributed by atoms with E-state index in [1.807, 2.05) is 54.7 Å². The van der Waals surface area contributed by atoms with Gasteiger partial charge in [-0.3, -0.25) is 9.36 Å². The van der Waals surface area contributed by atoms with E-state index in [0.717, 1.165) is 50.3 Å². The Kier molecular flexibility index (Phi) is 4.86. The molecule has 3 aromatic carbocycles. The number of nitrogens with one attached hydrogen (secondary N) is 2. The molecule has 1 aliphatic heterocycles. The van der Waals surface area contributed by atoms with Gasteiger partial charge in [0, 0.05) is 40.4 Å². The van der Waals surface area contributed by atoms with E-state index in [9.17, 15) is 4.79 Å². The fourth-order valence-electron chi connectivity index (χ4n) is 5.98. The van der Waals surface area contributed by atoms with E-state index in [0.29, 0.717) is 24.3 Å². The largest absolute Gasteiger partial charge is 0.493 e. The molecule has 7 nitrogen and oxygen atoms in total. The van der Waals surface area contributed by atoms with Gasteiger partial charge in [-0.2, -0.15) is 0 Å². The zero-order valence-electron chi connectivity index (χ0n) is 20.6. The molecule has 0 unspecified atom stereocenters. The lowest BCUT2D eigenvalue weighted by atomic mass is 9.77. The number of nitrogens with zero attached hydrogens (tertiary/aromatic N) is 2. The maximum absolute atomic E-state index is 14.0. The first-order valence-corrected chi connectivity index (χ1v) is 12.4. The Hall–Kier alpha value is -4.52. The van der Waals surface area contributed by atoms with Crippen LogP contribution in [0.2, 0.25) is 0 Å². The third kappa shape index (κ3) is 3.27. The highest BCUT2D eigenvalue weighted by Crippen LogP contribution is 2.47. The van der Waals surface area contributed by atoms with Crippen molar-refractivity contribution in [2.75, 3.05) is 19.5 Å². The number of fused-ring (bicyclic) bond motifs is 4. The molecule has 184 valence electrons. The lowest BCUT2D eigenvalue weighted by Crippen LogP contribution is -2.33. The Labute approximate surface area is 213 Å². The number of benzene rings is 3. The molecule has 2 aliphatic rings. The van der Waals surface area contributed by atoms with Crippen LogP contribution in [0.3, 0.4) is 0 Å². The van der Waals surface area contributed by atoms with Crippen LogP contribution in [-0.2, 0) is 4.79 Å². The van der Waals surface area contributed by atoms with Gasteiger partial charge in [0.25, 0.3) is 0 Å². The number of para-hydroxylation sites is 3. The fraction of sp³-hybridized carbons (Fsp3) is 0.200. The van der Waals surface area contributed by atoms with Crippen molar-refractivity contribution < 1.29 is 14.3 Å². The molecule has 0 saturated carbocycles. The number of aromatic amines is 1. The zero-order chi connectivity index (χ0) is 25.1. The van der Waals surface area contributed by atoms with E-state index in [-0.39, 0.29) is 17.7 Å². The quantitative estimate of drug-likeness (QED) is 0.325. The topological polar surface area (TPSA) is 81.2 Å². The molecule has 5 aromatic rings. The molecule has 2 N–H and O–H groups in total. The van der Waals surface area contributed by atoms with Gasteiger partial charge in [-0.1, -0.05) is 36.4 Å². The van der Waals surface area contributed by atoms with Crippen molar-refractivity contribution in [3.63, 3.8) is 0 Å². The average Bonchev–Trinajstić information content (AvgIpc) is 3.52. The van der Waals surface area contributed by atoms with E-state index in [1.165, 1.54) is 0 Å². The number of ether oxygens (including phenoxy) is 2. The lowest BCUT2D eigenvalue weighted by molar-refractivity contribution is -0.116. The van der Waals surface area contributed by atoms with Gasteiger partial charge in [-0.15, -0.1) is 0 Å². The summed E-state index contributed by atoms with van der Waals surface area (Å²) in [6.07, 6.45) is 3.17. The number of aromatic nitrogens is 3. The predicted molar refractivity (Wildman–Crippen MR) is 143 cm³/mol. The first kappa shape index (κ1) is 21.7. The Morgan fingerprint density at radius 1 is 0.946 bits per heavy atom. The zero-order valence-corrected chi connectivity index (χ0v) is 20.6. The van der Waals surface area contributed by atoms with E-state index in [1.54, 1.807) is 14.2 Å². The van der Waals surface area contributed by atoms with Crippen LogP contribution in [-0.4, -0.2) is 34.5 Å². The summed E-state index contributed by atoms with van der Waals surface area (Å²) in [5.74, 6) is 2.28. The Morgan fingerprint density at radius 3 is 2.62 bits per heavy atom. The number of carbonyl (C=O) groups excluding carboxylic acids is 1. The van der Waals surface area contributed by atoms with Crippen molar-refractivity contribution in [2.45, 2.75) is 24.8 Å².